The molecule has 154 valence electrons. The summed E-state index contributed by atoms with van der Waals surface area (Å²) in [5.74, 6) is -0.322. The lowest BCUT2D eigenvalue weighted by Gasteiger charge is -2.13. The van der Waals surface area contributed by atoms with Gasteiger partial charge in [-0.1, -0.05) is 0 Å². The van der Waals surface area contributed by atoms with E-state index in [1.807, 2.05) is 0 Å². The van der Waals surface area contributed by atoms with Gasteiger partial charge in [-0.3, -0.25) is 9.59 Å². The van der Waals surface area contributed by atoms with E-state index in [1.54, 1.807) is 30.3 Å². The predicted octanol–water partition coefficient (Wildman–Crippen LogP) is 3.51. The van der Waals surface area contributed by atoms with Crippen LogP contribution in [0.25, 0.3) is 0 Å². The molecular formula is C20H16N2O7S. The van der Waals surface area contributed by atoms with Gasteiger partial charge in [-0.2, -0.15) is 0 Å². The lowest BCUT2D eigenvalue weighted by atomic mass is 10.2. The van der Waals surface area contributed by atoms with Crippen molar-refractivity contribution in [1.82, 2.24) is 0 Å². The highest BCUT2D eigenvalue weighted by atomic mass is 32.1. The fourth-order valence-electron chi connectivity index (χ4n) is 2.59. The zero-order valence-corrected chi connectivity index (χ0v) is 16.5. The Labute approximate surface area is 174 Å². The quantitative estimate of drug-likeness (QED) is 0.577. The number of carbonyl (C=O) groups excluding carboxylic acids is 3. The maximum atomic E-state index is 12.3. The Kier molecular flexibility index (Phi) is 5.40. The van der Waals surface area contributed by atoms with Crippen molar-refractivity contribution < 1.29 is 33.0 Å². The number of ether oxygens (including phenoxy) is 3. The number of esters is 1. The summed E-state index contributed by atoms with van der Waals surface area (Å²) in [6, 6.07) is 11.2. The third kappa shape index (κ3) is 4.28. The van der Waals surface area contributed by atoms with Crippen LogP contribution in [0.5, 0.6) is 11.5 Å². The molecule has 1 unspecified atom stereocenters. The van der Waals surface area contributed by atoms with Crippen molar-refractivity contribution >= 4 is 39.8 Å². The molecule has 1 aromatic carbocycles. The topological polar surface area (TPSA) is 116 Å². The first kappa shape index (κ1) is 19.5. The first-order valence-electron chi connectivity index (χ1n) is 8.86. The standard InChI is InChI=1S/C20H16N2O7S/c1-11(18(23)21-12-4-5-13-15(9-12)28-10-27-13)29-20(25)16-6-7-17(30-16)22-19(24)14-3-2-8-26-14/h2-9,11H,10H2,1H3,(H,21,23)(H,22,24). The Morgan fingerprint density at radius 3 is 2.70 bits per heavy atom. The van der Waals surface area contributed by atoms with Crippen molar-refractivity contribution in [2.75, 3.05) is 17.4 Å². The summed E-state index contributed by atoms with van der Waals surface area (Å²) in [7, 11) is 0. The minimum Gasteiger partial charge on any atom is -0.459 e. The molecule has 3 aromatic rings. The number of fused-ring (bicyclic) bond motifs is 1. The van der Waals surface area contributed by atoms with Crippen LogP contribution in [0.15, 0.2) is 53.1 Å². The number of nitrogens with one attached hydrogen (secondary N) is 2. The van der Waals surface area contributed by atoms with Gasteiger partial charge in [0.1, 0.15) is 4.88 Å². The van der Waals surface area contributed by atoms with E-state index in [1.165, 1.54) is 25.3 Å². The Bertz CT molecular complexity index is 1090. The van der Waals surface area contributed by atoms with Crippen LogP contribution in [0.3, 0.4) is 0 Å². The second-order valence-electron chi connectivity index (χ2n) is 6.20. The smallest absolute Gasteiger partial charge is 0.349 e. The van der Waals surface area contributed by atoms with Crippen molar-refractivity contribution in [2.45, 2.75) is 13.0 Å². The van der Waals surface area contributed by atoms with E-state index < -0.39 is 23.9 Å². The molecule has 1 atom stereocenters. The molecule has 1 aliphatic heterocycles. The summed E-state index contributed by atoms with van der Waals surface area (Å²) < 4.78 is 20.7. The van der Waals surface area contributed by atoms with E-state index in [2.05, 4.69) is 10.6 Å². The van der Waals surface area contributed by atoms with Gasteiger partial charge in [0.2, 0.25) is 6.79 Å². The highest BCUT2D eigenvalue weighted by Gasteiger charge is 2.22. The van der Waals surface area contributed by atoms with Crippen LogP contribution in [0.1, 0.15) is 27.2 Å². The van der Waals surface area contributed by atoms with Gasteiger partial charge in [0.25, 0.3) is 11.8 Å². The fourth-order valence-corrected chi connectivity index (χ4v) is 3.37. The minimum atomic E-state index is -1.04. The van der Waals surface area contributed by atoms with Crippen molar-refractivity contribution in [3.8, 4) is 11.5 Å². The molecule has 0 bridgehead atoms. The van der Waals surface area contributed by atoms with E-state index in [4.69, 9.17) is 18.6 Å². The summed E-state index contributed by atoms with van der Waals surface area (Å²) >= 11 is 1.03. The number of carbonyl (C=O) groups is 3. The lowest BCUT2D eigenvalue weighted by molar-refractivity contribution is -0.123. The average Bonchev–Trinajstić information content (AvgIpc) is 3.48. The molecule has 3 heterocycles. The number of amides is 2. The zero-order valence-electron chi connectivity index (χ0n) is 15.7. The maximum Gasteiger partial charge on any atom is 0.349 e. The Balaban J connectivity index is 1.32. The Hall–Kier alpha value is -3.79. The summed E-state index contributed by atoms with van der Waals surface area (Å²) in [6.45, 7) is 1.60. The molecular weight excluding hydrogens is 412 g/mol. The number of benzene rings is 1. The summed E-state index contributed by atoms with van der Waals surface area (Å²) in [5, 5.41) is 5.73. The van der Waals surface area contributed by atoms with Crippen molar-refractivity contribution in [3.05, 3.63) is 59.4 Å². The van der Waals surface area contributed by atoms with Gasteiger partial charge in [-0.05, 0) is 43.3 Å². The summed E-state index contributed by atoms with van der Waals surface area (Å²) in [4.78, 5) is 36.9. The maximum absolute atomic E-state index is 12.3. The van der Waals surface area contributed by atoms with Crippen molar-refractivity contribution in [2.24, 2.45) is 0 Å². The second kappa shape index (κ2) is 8.29. The molecule has 0 spiro atoms. The van der Waals surface area contributed by atoms with Gasteiger partial charge in [0.05, 0.1) is 11.3 Å². The molecule has 4 rings (SSSR count). The largest absolute Gasteiger partial charge is 0.459 e. The van der Waals surface area contributed by atoms with Crippen LogP contribution in [0.4, 0.5) is 10.7 Å². The minimum absolute atomic E-state index is 0.130. The van der Waals surface area contributed by atoms with Gasteiger partial charge in [-0.15, -0.1) is 11.3 Å². The van der Waals surface area contributed by atoms with Crippen LogP contribution >= 0.6 is 11.3 Å². The van der Waals surface area contributed by atoms with E-state index in [0.717, 1.165) is 11.3 Å². The molecule has 0 radical (unpaired) electrons. The second-order valence-corrected chi connectivity index (χ2v) is 7.28. The molecule has 0 fully saturated rings. The molecule has 9 nitrogen and oxygen atoms in total. The normalized spacial score (nSPS) is 12.8. The zero-order chi connectivity index (χ0) is 21.1. The summed E-state index contributed by atoms with van der Waals surface area (Å²) in [6.07, 6.45) is 0.355. The molecule has 0 saturated carbocycles. The van der Waals surface area contributed by atoms with Crippen LogP contribution < -0.4 is 20.1 Å². The van der Waals surface area contributed by atoms with Gasteiger partial charge in [0, 0.05) is 11.8 Å². The molecule has 10 heteroatoms. The van der Waals surface area contributed by atoms with Gasteiger partial charge >= 0.3 is 5.97 Å². The van der Waals surface area contributed by atoms with Crippen molar-refractivity contribution in [3.63, 3.8) is 0 Å². The molecule has 30 heavy (non-hydrogen) atoms. The fraction of sp³-hybridized carbons (Fsp3) is 0.150. The molecule has 0 aliphatic carbocycles. The van der Waals surface area contributed by atoms with E-state index in [0.29, 0.717) is 22.2 Å². The molecule has 2 amide bonds. The first-order chi connectivity index (χ1) is 14.5. The monoisotopic (exact) mass is 428 g/mol. The van der Waals surface area contributed by atoms with E-state index in [-0.39, 0.29) is 17.4 Å². The van der Waals surface area contributed by atoms with Gasteiger partial charge in [-0.25, -0.2) is 4.79 Å². The number of thiophene rings is 1. The average molecular weight is 428 g/mol. The third-order valence-corrected chi connectivity index (χ3v) is 5.06. The van der Waals surface area contributed by atoms with E-state index >= 15 is 0 Å². The van der Waals surface area contributed by atoms with Gasteiger partial charge < -0.3 is 29.3 Å². The SMILES string of the molecule is CC(OC(=O)c1ccc(NC(=O)c2ccco2)s1)C(=O)Nc1ccc2c(c1)OCO2. The highest BCUT2D eigenvalue weighted by Crippen LogP contribution is 2.34. The van der Waals surface area contributed by atoms with Crippen molar-refractivity contribution in [1.29, 1.82) is 0 Å². The lowest BCUT2D eigenvalue weighted by Crippen LogP contribution is -2.29. The van der Waals surface area contributed by atoms with Gasteiger partial charge in [0.15, 0.2) is 23.4 Å². The first-order valence-corrected chi connectivity index (χ1v) is 9.67. The number of anilines is 2. The predicted molar refractivity (Wildman–Crippen MR) is 107 cm³/mol. The van der Waals surface area contributed by atoms with Crippen LogP contribution in [-0.2, 0) is 9.53 Å². The molecule has 0 saturated heterocycles. The molecule has 2 aromatic heterocycles. The van der Waals surface area contributed by atoms with Crippen LogP contribution in [-0.4, -0.2) is 30.7 Å². The Morgan fingerprint density at radius 1 is 1.07 bits per heavy atom. The molecule has 2 N–H and O–H groups in total. The number of hydrogen-bond acceptors (Lipinski definition) is 8. The number of furan rings is 1. The molecule has 1 aliphatic rings. The van der Waals surface area contributed by atoms with Crippen LogP contribution in [0, 0.1) is 0 Å². The Morgan fingerprint density at radius 2 is 1.90 bits per heavy atom. The number of rotatable bonds is 6. The van der Waals surface area contributed by atoms with E-state index in [9.17, 15) is 14.4 Å². The highest BCUT2D eigenvalue weighted by molar-refractivity contribution is 7.18. The summed E-state index contributed by atoms with van der Waals surface area (Å²) in [5.41, 5.74) is 0.492. The third-order valence-electron chi connectivity index (χ3n) is 4.08. The van der Waals surface area contributed by atoms with Crippen LogP contribution in [0.2, 0.25) is 0 Å². The number of hydrogen-bond donors (Lipinski definition) is 2.